The Labute approximate surface area is 123 Å². The molecule has 0 heterocycles. The highest BCUT2D eigenvalue weighted by molar-refractivity contribution is 5.43. The topological polar surface area (TPSA) is 44.5 Å². The van der Waals surface area contributed by atoms with Crippen molar-refractivity contribution in [2.75, 3.05) is 13.2 Å². The van der Waals surface area contributed by atoms with E-state index in [1.807, 2.05) is 12.1 Å². The summed E-state index contributed by atoms with van der Waals surface area (Å²) in [5, 5.41) is 0. The molecule has 0 bridgehead atoms. The quantitative estimate of drug-likeness (QED) is 0.688. The second-order valence-corrected chi connectivity index (χ2v) is 5.15. The van der Waals surface area contributed by atoms with Gasteiger partial charge >= 0.3 is 0 Å². The maximum absolute atomic E-state index is 6.23. The predicted molar refractivity (Wildman–Crippen MR) is 84.5 cm³/mol. The molecule has 2 N–H and O–H groups in total. The van der Waals surface area contributed by atoms with Gasteiger partial charge in [-0.25, -0.2) is 0 Å². The zero-order chi connectivity index (χ0) is 14.8. The van der Waals surface area contributed by atoms with Crippen molar-refractivity contribution in [1.82, 2.24) is 0 Å². The molecule has 114 valence electrons. The average Bonchev–Trinajstić information content (AvgIpc) is 2.48. The van der Waals surface area contributed by atoms with Gasteiger partial charge in [-0.1, -0.05) is 39.7 Å². The maximum Gasteiger partial charge on any atom is 0.161 e. The third kappa shape index (κ3) is 5.41. The van der Waals surface area contributed by atoms with Gasteiger partial charge in [0.1, 0.15) is 0 Å². The molecule has 0 aliphatic rings. The van der Waals surface area contributed by atoms with Crippen LogP contribution in [0.15, 0.2) is 18.2 Å². The molecule has 1 aromatic carbocycles. The molecule has 1 atom stereocenters. The molecule has 0 saturated carbocycles. The zero-order valence-electron chi connectivity index (χ0n) is 13.2. The smallest absolute Gasteiger partial charge is 0.161 e. The van der Waals surface area contributed by atoms with Crippen LogP contribution in [-0.2, 0) is 0 Å². The summed E-state index contributed by atoms with van der Waals surface area (Å²) in [7, 11) is 0. The predicted octanol–water partition coefficient (Wildman–Crippen LogP) is 4.45. The summed E-state index contributed by atoms with van der Waals surface area (Å²) in [4.78, 5) is 0. The highest BCUT2D eigenvalue weighted by Gasteiger charge is 2.11. The number of unbranched alkanes of at least 4 members (excludes halogenated alkanes) is 1. The van der Waals surface area contributed by atoms with Crippen LogP contribution < -0.4 is 15.2 Å². The van der Waals surface area contributed by atoms with Crippen molar-refractivity contribution >= 4 is 0 Å². The number of rotatable bonds is 10. The number of ether oxygens (including phenoxy) is 2. The lowest BCUT2D eigenvalue weighted by Gasteiger charge is -2.16. The molecule has 1 unspecified atom stereocenters. The van der Waals surface area contributed by atoms with Gasteiger partial charge in [0.2, 0.25) is 0 Å². The van der Waals surface area contributed by atoms with Crippen LogP contribution >= 0.6 is 0 Å². The second-order valence-electron chi connectivity index (χ2n) is 5.15. The Hall–Kier alpha value is -1.22. The summed E-state index contributed by atoms with van der Waals surface area (Å²) in [5.74, 6) is 1.65. The van der Waals surface area contributed by atoms with Crippen molar-refractivity contribution in [3.63, 3.8) is 0 Å². The molecule has 0 fully saturated rings. The van der Waals surface area contributed by atoms with E-state index in [9.17, 15) is 0 Å². The Bertz CT molecular complexity index is 379. The van der Waals surface area contributed by atoms with Gasteiger partial charge in [0.05, 0.1) is 13.2 Å². The number of nitrogens with two attached hydrogens (primary N) is 1. The van der Waals surface area contributed by atoms with Crippen molar-refractivity contribution in [2.24, 2.45) is 5.73 Å². The van der Waals surface area contributed by atoms with Crippen molar-refractivity contribution in [3.8, 4) is 11.5 Å². The summed E-state index contributed by atoms with van der Waals surface area (Å²) in [6, 6.07) is 6.17. The third-order valence-electron chi connectivity index (χ3n) is 3.19. The van der Waals surface area contributed by atoms with Gasteiger partial charge in [0, 0.05) is 6.04 Å². The first kappa shape index (κ1) is 16.8. The first-order valence-corrected chi connectivity index (χ1v) is 7.88. The van der Waals surface area contributed by atoms with Gasteiger partial charge in [0.15, 0.2) is 11.5 Å². The maximum atomic E-state index is 6.23. The fourth-order valence-corrected chi connectivity index (χ4v) is 2.00. The highest BCUT2D eigenvalue weighted by Crippen LogP contribution is 2.31. The van der Waals surface area contributed by atoms with Gasteiger partial charge in [-0.2, -0.15) is 0 Å². The lowest BCUT2D eigenvalue weighted by atomic mass is 10.0. The number of hydrogen-bond acceptors (Lipinski definition) is 3. The molecule has 0 saturated heterocycles. The first-order chi connectivity index (χ1) is 9.72. The van der Waals surface area contributed by atoms with Gasteiger partial charge in [-0.3, -0.25) is 0 Å². The molecule has 0 aliphatic carbocycles. The minimum atomic E-state index is 0.0825. The fraction of sp³-hybridized carbons (Fsp3) is 0.647. The van der Waals surface area contributed by atoms with E-state index in [0.29, 0.717) is 13.2 Å². The van der Waals surface area contributed by atoms with Crippen molar-refractivity contribution in [1.29, 1.82) is 0 Å². The van der Waals surface area contributed by atoms with Gasteiger partial charge in [-0.15, -0.1) is 0 Å². The number of benzene rings is 1. The summed E-state index contributed by atoms with van der Waals surface area (Å²) in [5.41, 5.74) is 7.37. The monoisotopic (exact) mass is 279 g/mol. The molecular formula is C17H29NO2. The van der Waals surface area contributed by atoms with Crippen LogP contribution in [0.1, 0.15) is 64.5 Å². The molecule has 0 aromatic heterocycles. The van der Waals surface area contributed by atoms with E-state index >= 15 is 0 Å². The van der Waals surface area contributed by atoms with Crippen molar-refractivity contribution in [2.45, 2.75) is 58.9 Å². The Morgan fingerprint density at radius 3 is 2.20 bits per heavy atom. The van der Waals surface area contributed by atoms with E-state index in [1.54, 1.807) is 0 Å². The normalized spacial score (nSPS) is 12.2. The van der Waals surface area contributed by atoms with E-state index in [1.165, 1.54) is 6.42 Å². The fourth-order valence-electron chi connectivity index (χ4n) is 2.00. The van der Waals surface area contributed by atoms with Gasteiger partial charge in [0.25, 0.3) is 0 Å². The van der Waals surface area contributed by atoms with Crippen LogP contribution in [0.2, 0.25) is 0 Å². The summed E-state index contributed by atoms with van der Waals surface area (Å²) < 4.78 is 11.5. The molecule has 20 heavy (non-hydrogen) atoms. The Morgan fingerprint density at radius 2 is 1.60 bits per heavy atom. The standard InChI is InChI=1S/C17H29NO2/c1-4-7-8-15(18)14-9-10-16(19-11-5-2)17(13-14)20-12-6-3/h9-10,13,15H,4-8,11-12,18H2,1-3H3. The lowest BCUT2D eigenvalue weighted by Crippen LogP contribution is -2.11. The highest BCUT2D eigenvalue weighted by atomic mass is 16.5. The molecule has 1 rings (SSSR count). The summed E-state index contributed by atoms with van der Waals surface area (Å²) >= 11 is 0. The third-order valence-corrected chi connectivity index (χ3v) is 3.19. The number of hydrogen-bond donors (Lipinski definition) is 1. The Morgan fingerprint density at radius 1 is 0.950 bits per heavy atom. The van der Waals surface area contributed by atoms with Crippen LogP contribution in [0.5, 0.6) is 11.5 Å². The molecule has 0 radical (unpaired) electrons. The molecule has 1 aromatic rings. The second kappa shape index (κ2) is 9.65. The summed E-state index contributed by atoms with van der Waals surface area (Å²) in [6.07, 6.45) is 5.31. The molecular weight excluding hydrogens is 250 g/mol. The molecule has 0 aliphatic heterocycles. The molecule has 3 nitrogen and oxygen atoms in total. The van der Waals surface area contributed by atoms with E-state index in [4.69, 9.17) is 15.2 Å². The molecule has 0 amide bonds. The van der Waals surface area contributed by atoms with E-state index < -0.39 is 0 Å². The lowest BCUT2D eigenvalue weighted by molar-refractivity contribution is 0.268. The van der Waals surface area contributed by atoms with Crippen molar-refractivity contribution in [3.05, 3.63) is 23.8 Å². The molecule has 0 spiro atoms. The first-order valence-electron chi connectivity index (χ1n) is 7.88. The Kier molecular flexibility index (Phi) is 8.12. The Balaban J connectivity index is 2.82. The van der Waals surface area contributed by atoms with Crippen LogP contribution in [0.25, 0.3) is 0 Å². The van der Waals surface area contributed by atoms with Crippen LogP contribution in [-0.4, -0.2) is 13.2 Å². The average molecular weight is 279 g/mol. The summed E-state index contributed by atoms with van der Waals surface area (Å²) in [6.45, 7) is 7.80. The minimum Gasteiger partial charge on any atom is -0.490 e. The largest absolute Gasteiger partial charge is 0.490 e. The minimum absolute atomic E-state index is 0.0825. The van der Waals surface area contributed by atoms with Crippen LogP contribution in [0.4, 0.5) is 0 Å². The van der Waals surface area contributed by atoms with Crippen molar-refractivity contribution < 1.29 is 9.47 Å². The SMILES string of the molecule is CCCCC(N)c1ccc(OCCC)c(OCCC)c1. The van der Waals surface area contributed by atoms with Gasteiger partial charge in [-0.05, 0) is 37.0 Å². The van der Waals surface area contributed by atoms with E-state index in [-0.39, 0.29) is 6.04 Å². The van der Waals surface area contributed by atoms with E-state index in [0.717, 1.165) is 42.7 Å². The van der Waals surface area contributed by atoms with Gasteiger partial charge < -0.3 is 15.2 Å². The molecule has 3 heteroatoms. The van der Waals surface area contributed by atoms with E-state index in [2.05, 4.69) is 26.8 Å². The van der Waals surface area contributed by atoms with Crippen LogP contribution in [0, 0.1) is 0 Å². The zero-order valence-corrected chi connectivity index (χ0v) is 13.2. The van der Waals surface area contributed by atoms with Crippen LogP contribution in [0.3, 0.4) is 0 Å².